The van der Waals surface area contributed by atoms with Gasteiger partial charge in [0, 0.05) is 18.3 Å². The number of rotatable bonds is 11. The standard InChI is InChI=1S/C26H32FN4O3/c1-4-21(32)15-22(33)12-14-31-24(17(2)3)23(26(34)29-16-20-7-5-6-13-28-20)30-25(31)18-8-10-19(27)11-9-18/h5-11,13,17,21-22,32-33H,1,4,12,14-16H2,2-3H3,(H,29,34). The molecule has 1 radical (unpaired) electrons. The fourth-order valence-corrected chi connectivity index (χ4v) is 3.85. The van der Waals surface area contributed by atoms with E-state index in [4.69, 9.17) is 0 Å². The molecule has 2 heterocycles. The Kier molecular flexibility index (Phi) is 8.90. The third-order valence-corrected chi connectivity index (χ3v) is 5.59. The number of carbonyl (C=O) groups excluding carboxylic acids is 1. The number of amides is 1. The molecule has 0 aliphatic heterocycles. The van der Waals surface area contributed by atoms with Crippen molar-refractivity contribution in [2.45, 2.75) is 64.3 Å². The summed E-state index contributed by atoms with van der Waals surface area (Å²) in [5.41, 5.74) is 2.41. The van der Waals surface area contributed by atoms with E-state index < -0.39 is 12.2 Å². The summed E-state index contributed by atoms with van der Waals surface area (Å²) in [4.78, 5) is 22.0. The Bertz CT molecular complexity index is 1070. The van der Waals surface area contributed by atoms with Gasteiger partial charge in [0.1, 0.15) is 17.3 Å². The Morgan fingerprint density at radius 1 is 1.15 bits per heavy atom. The molecule has 0 spiro atoms. The van der Waals surface area contributed by atoms with Crippen LogP contribution in [0.4, 0.5) is 4.39 Å². The van der Waals surface area contributed by atoms with Crippen LogP contribution >= 0.6 is 0 Å². The van der Waals surface area contributed by atoms with Crippen LogP contribution in [0.15, 0.2) is 48.7 Å². The summed E-state index contributed by atoms with van der Waals surface area (Å²) in [5.74, 6) is -0.210. The molecule has 0 saturated carbocycles. The Labute approximate surface area is 199 Å². The fraction of sp³-hybridized carbons (Fsp3) is 0.385. The molecular formula is C26H32FN4O3. The molecule has 7 nitrogen and oxygen atoms in total. The van der Waals surface area contributed by atoms with Crippen molar-refractivity contribution < 1.29 is 19.4 Å². The van der Waals surface area contributed by atoms with Crippen molar-refractivity contribution in [3.05, 3.63) is 78.5 Å². The highest BCUT2D eigenvalue weighted by molar-refractivity contribution is 5.94. The van der Waals surface area contributed by atoms with Crippen LogP contribution in [-0.2, 0) is 13.1 Å². The number of hydrogen-bond donors (Lipinski definition) is 3. The van der Waals surface area contributed by atoms with Crippen molar-refractivity contribution >= 4 is 5.91 Å². The number of aliphatic hydroxyl groups excluding tert-OH is 2. The van der Waals surface area contributed by atoms with E-state index in [1.54, 1.807) is 18.3 Å². The molecule has 2 atom stereocenters. The zero-order valence-corrected chi connectivity index (χ0v) is 19.6. The van der Waals surface area contributed by atoms with Gasteiger partial charge in [0.2, 0.25) is 0 Å². The SMILES string of the molecule is [CH2]CC(O)CC(O)CCn1c(-c2ccc(F)cc2)nc(C(=O)NCc2ccccn2)c1C(C)C. The minimum atomic E-state index is -0.735. The monoisotopic (exact) mass is 467 g/mol. The van der Waals surface area contributed by atoms with E-state index in [0.29, 0.717) is 30.8 Å². The third-order valence-electron chi connectivity index (χ3n) is 5.59. The quantitative estimate of drug-likeness (QED) is 0.398. The number of imidazole rings is 1. The van der Waals surface area contributed by atoms with Crippen LogP contribution in [0.2, 0.25) is 0 Å². The van der Waals surface area contributed by atoms with Gasteiger partial charge in [-0.3, -0.25) is 9.78 Å². The Balaban J connectivity index is 1.94. The average Bonchev–Trinajstić information content (AvgIpc) is 3.22. The average molecular weight is 468 g/mol. The van der Waals surface area contributed by atoms with Crippen molar-refractivity contribution in [1.82, 2.24) is 19.9 Å². The smallest absolute Gasteiger partial charge is 0.272 e. The Morgan fingerprint density at radius 2 is 1.88 bits per heavy atom. The first-order valence-corrected chi connectivity index (χ1v) is 11.5. The molecule has 1 amide bonds. The molecular weight excluding hydrogens is 435 g/mol. The maximum atomic E-state index is 13.6. The Hall–Kier alpha value is -3.10. The minimum Gasteiger partial charge on any atom is -0.393 e. The number of pyridine rings is 1. The highest BCUT2D eigenvalue weighted by Gasteiger charge is 2.26. The number of aliphatic hydroxyl groups is 2. The second-order valence-electron chi connectivity index (χ2n) is 8.61. The maximum Gasteiger partial charge on any atom is 0.272 e. The van der Waals surface area contributed by atoms with Gasteiger partial charge >= 0.3 is 0 Å². The summed E-state index contributed by atoms with van der Waals surface area (Å²) in [6, 6.07) is 11.4. The van der Waals surface area contributed by atoms with Crippen molar-refractivity contribution in [3.8, 4) is 11.4 Å². The van der Waals surface area contributed by atoms with Crippen LogP contribution in [0.1, 0.15) is 60.9 Å². The molecule has 2 aromatic heterocycles. The number of nitrogens with zero attached hydrogens (tertiary/aromatic N) is 3. The number of halogens is 1. The van der Waals surface area contributed by atoms with Crippen LogP contribution < -0.4 is 5.32 Å². The summed E-state index contributed by atoms with van der Waals surface area (Å²) in [7, 11) is 0. The minimum absolute atomic E-state index is 0.0418. The number of carbonyl (C=O) groups is 1. The highest BCUT2D eigenvalue weighted by Crippen LogP contribution is 2.29. The molecule has 0 aliphatic carbocycles. The number of aromatic nitrogens is 3. The van der Waals surface area contributed by atoms with Crippen LogP contribution in [0.3, 0.4) is 0 Å². The molecule has 3 rings (SSSR count). The predicted molar refractivity (Wildman–Crippen MR) is 128 cm³/mol. The maximum absolute atomic E-state index is 13.6. The molecule has 1 aromatic carbocycles. The van der Waals surface area contributed by atoms with Gasteiger partial charge in [0.05, 0.1) is 30.1 Å². The summed E-state index contributed by atoms with van der Waals surface area (Å²) < 4.78 is 15.5. The number of nitrogens with one attached hydrogen (secondary N) is 1. The predicted octanol–water partition coefficient (Wildman–Crippen LogP) is 3.86. The van der Waals surface area contributed by atoms with Crippen LogP contribution in [0.25, 0.3) is 11.4 Å². The first kappa shape index (κ1) is 25.5. The van der Waals surface area contributed by atoms with Gasteiger partial charge in [-0.05, 0) is 61.6 Å². The number of hydrogen-bond acceptors (Lipinski definition) is 5. The van der Waals surface area contributed by atoms with Gasteiger partial charge < -0.3 is 20.1 Å². The van der Waals surface area contributed by atoms with Crippen LogP contribution in [0.5, 0.6) is 0 Å². The van der Waals surface area contributed by atoms with Gasteiger partial charge in [0.15, 0.2) is 0 Å². The fourth-order valence-electron chi connectivity index (χ4n) is 3.85. The highest BCUT2D eigenvalue weighted by atomic mass is 19.1. The first-order chi connectivity index (χ1) is 16.3. The van der Waals surface area contributed by atoms with E-state index in [2.05, 4.69) is 22.2 Å². The van der Waals surface area contributed by atoms with Gasteiger partial charge in [-0.15, -0.1) is 0 Å². The van der Waals surface area contributed by atoms with E-state index in [-0.39, 0.29) is 36.3 Å². The molecule has 181 valence electrons. The number of benzene rings is 1. The lowest BCUT2D eigenvalue weighted by Gasteiger charge is -2.18. The summed E-state index contributed by atoms with van der Waals surface area (Å²) in [5, 5.41) is 23.1. The van der Waals surface area contributed by atoms with Gasteiger partial charge in [0.25, 0.3) is 5.91 Å². The lowest BCUT2D eigenvalue weighted by Crippen LogP contribution is -2.25. The van der Waals surface area contributed by atoms with E-state index in [1.807, 2.05) is 36.6 Å². The van der Waals surface area contributed by atoms with Crippen molar-refractivity contribution in [3.63, 3.8) is 0 Å². The second kappa shape index (κ2) is 11.9. The van der Waals surface area contributed by atoms with Crippen molar-refractivity contribution in [2.24, 2.45) is 0 Å². The largest absolute Gasteiger partial charge is 0.393 e. The van der Waals surface area contributed by atoms with E-state index in [9.17, 15) is 19.4 Å². The third kappa shape index (κ3) is 6.48. The van der Waals surface area contributed by atoms with Crippen LogP contribution in [-0.4, -0.2) is 42.9 Å². The molecule has 0 fully saturated rings. The topological polar surface area (TPSA) is 100 Å². The van der Waals surface area contributed by atoms with Crippen molar-refractivity contribution in [2.75, 3.05) is 0 Å². The second-order valence-corrected chi connectivity index (χ2v) is 8.61. The summed E-state index contributed by atoms with van der Waals surface area (Å²) in [6.07, 6.45) is 1.16. The van der Waals surface area contributed by atoms with E-state index in [0.717, 1.165) is 11.4 Å². The molecule has 0 saturated heterocycles. The van der Waals surface area contributed by atoms with Gasteiger partial charge in [-0.1, -0.05) is 26.8 Å². The summed E-state index contributed by atoms with van der Waals surface area (Å²) >= 11 is 0. The first-order valence-electron chi connectivity index (χ1n) is 11.5. The lowest BCUT2D eigenvalue weighted by atomic mass is 10.1. The zero-order valence-electron chi connectivity index (χ0n) is 19.6. The molecule has 2 unspecified atom stereocenters. The normalized spacial score (nSPS) is 13.1. The molecule has 8 heteroatoms. The molecule has 34 heavy (non-hydrogen) atoms. The molecule has 0 bridgehead atoms. The lowest BCUT2D eigenvalue weighted by molar-refractivity contribution is 0.0742. The van der Waals surface area contributed by atoms with E-state index >= 15 is 0 Å². The van der Waals surface area contributed by atoms with Crippen molar-refractivity contribution in [1.29, 1.82) is 0 Å². The van der Waals surface area contributed by atoms with Gasteiger partial charge in [-0.25, -0.2) is 9.37 Å². The molecule has 0 aliphatic rings. The van der Waals surface area contributed by atoms with Gasteiger partial charge in [-0.2, -0.15) is 0 Å². The summed E-state index contributed by atoms with van der Waals surface area (Å²) in [6.45, 7) is 8.25. The molecule has 3 aromatic rings. The Morgan fingerprint density at radius 3 is 2.50 bits per heavy atom. The molecule has 3 N–H and O–H groups in total. The van der Waals surface area contributed by atoms with E-state index in [1.165, 1.54) is 12.1 Å². The zero-order chi connectivity index (χ0) is 24.7. The van der Waals surface area contributed by atoms with Crippen LogP contribution in [0, 0.1) is 12.7 Å².